The first-order valence-corrected chi connectivity index (χ1v) is 5.51. The summed E-state index contributed by atoms with van der Waals surface area (Å²) in [6.07, 6.45) is 4.79. The molecule has 4 nitrogen and oxygen atoms in total. The molecule has 4 heteroatoms. The van der Waals surface area contributed by atoms with Gasteiger partial charge < -0.3 is 10.1 Å². The standard InChI is InChI=1S/C14H14N2O2/c1-3-10-16-14(17)11(2)18-13-6-4-12(5-7-13)8-9-15/h1,4-7,11H,8,10H2,2H3,(H,16,17). The van der Waals surface area contributed by atoms with Crippen LogP contribution >= 0.6 is 0 Å². The smallest absolute Gasteiger partial charge is 0.261 e. The normalized spacial score (nSPS) is 10.8. The molecule has 0 saturated carbocycles. The molecule has 1 aromatic carbocycles. The van der Waals surface area contributed by atoms with Gasteiger partial charge in [0.05, 0.1) is 19.0 Å². The van der Waals surface area contributed by atoms with Crippen LogP contribution in [0.15, 0.2) is 24.3 Å². The molecule has 92 valence electrons. The first kappa shape index (κ1) is 13.6. The molecule has 1 N–H and O–H groups in total. The van der Waals surface area contributed by atoms with E-state index in [9.17, 15) is 4.79 Å². The lowest BCUT2D eigenvalue weighted by Gasteiger charge is -2.13. The van der Waals surface area contributed by atoms with E-state index in [-0.39, 0.29) is 12.5 Å². The number of nitrogens with one attached hydrogen (secondary N) is 1. The molecule has 18 heavy (non-hydrogen) atoms. The van der Waals surface area contributed by atoms with Gasteiger partial charge in [-0.05, 0) is 24.6 Å². The lowest BCUT2D eigenvalue weighted by Crippen LogP contribution is -2.36. The van der Waals surface area contributed by atoms with E-state index in [4.69, 9.17) is 16.4 Å². The van der Waals surface area contributed by atoms with E-state index in [2.05, 4.69) is 17.3 Å². The van der Waals surface area contributed by atoms with Crippen LogP contribution in [0.25, 0.3) is 0 Å². The Kier molecular flexibility index (Phi) is 5.28. The third-order valence-corrected chi connectivity index (χ3v) is 2.25. The lowest BCUT2D eigenvalue weighted by molar-refractivity contribution is -0.126. The number of benzene rings is 1. The van der Waals surface area contributed by atoms with Crippen molar-refractivity contribution in [2.45, 2.75) is 19.4 Å². The average Bonchev–Trinajstić information content (AvgIpc) is 2.38. The number of carbonyl (C=O) groups excluding carboxylic acids is 1. The van der Waals surface area contributed by atoms with Crippen LogP contribution in [0.4, 0.5) is 0 Å². The minimum absolute atomic E-state index is 0.188. The summed E-state index contributed by atoms with van der Waals surface area (Å²) in [4.78, 5) is 11.5. The molecule has 0 aliphatic heterocycles. The molecule has 0 bridgehead atoms. The van der Waals surface area contributed by atoms with Gasteiger partial charge >= 0.3 is 0 Å². The lowest BCUT2D eigenvalue weighted by atomic mass is 10.2. The number of hydrogen-bond donors (Lipinski definition) is 1. The Morgan fingerprint density at radius 3 is 2.72 bits per heavy atom. The Morgan fingerprint density at radius 2 is 2.17 bits per heavy atom. The zero-order valence-corrected chi connectivity index (χ0v) is 10.1. The average molecular weight is 242 g/mol. The summed E-state index contributed by atoms with van der Waals surface area (Å²) in [5, 5.41) is 11.1. The van der Waals surface area contributed by atoms with Crippen molar-refractivity contribution in [2.75, 3.05) is 6.54 Å². The SMILES string of the molecule is C#CCNC(=O)C(C)Oc1ccc(CC#N)cc1. The van der Waals surface area contributed by atoms with Crippen molar-refractivity contribution < 1.29 is 9.53 Å². The van der Waals surface area contributed by atoms with E-state index < -0.39 is 6.10 Å². The molecular formula is C14H14N2O2. The monoisotopic (exact) mass is 242 g/mol. The topological polar surface area (TPSA) is 62.1 Å². The van der Waals surface area contributed by atoms with Gasteiger partial charge in [-0.2, -0.15) is 5.26 Å². The Labute approximate surface area is 107 Å². The molecule has 1 rings (SSSR count). The molecule has 1 aromatic rings. The van der Waals surface area contributed by atoms with Crippen LogP contribution in [0.2, 0.25) is 0 Å². The quantitative estimate of drug-likeness (QED) is 0.791. The second-order valence-corrected chi connectivity index (χ2v) is 3.66. The summed E-state index contributed by atoms with van der Waals surface area (Å²) in [6.45, 7) is 1.84. The highest BCUT2D eigenvalue weighted by Gasteiger charge is 2.13. The van der Waals surface area contributed by atoms with Crippen LogP contribution in [-0.2, 0) is 11.2 Å². The van der Waals surface area contributed by atoms with Crippen LogP contribution in [0.1, 0.15) is 12.5 Å². The molecule has 1 atom stereocenters. The number of amides is 1. The minimum Gasteiger partial charge on any atom is -0.481 e. The molecule has 0 radical (unpaired) electrons. The third-order valence-electron chi connectivity index (χ3n) is 2.25. The number of nitriles is 1. The fourth-order valence-corrected chi connectivity index (χ4v) is 1.32. The summed E-state index contributed by atoms with van der Waals surface area (Å²) in [5.41, 5.74) is 0.911. The first-order valence-electron chi connectivity index (χ1n) is 5.51. The van der Waals surface area contributed by atoms with Gasteiger partial charge in [0.1, 0.15) is 5.75 Å². The van der Waals surface area contributed by atoms with Crippen molar-refractivity contribution in [3.8, 4) is 24.2 Å². The molecule has 0 heterocycles. The number of carbonyl (C=O) groups is 1. The maximum Gasteiger partial charge on any atom is 0.261 e. The van der Waals surface area contributed by atoms with Gasteiger partial charge in [0.25, 0.3) is 5.91 Å². The van der Waals surface area contributed by atoms with Crippen LogP contribution in [0, 0.1) is 23.7 Å². The van der Waals surface area contributed by atoms with Crippen molar-refractivity contribution in [1.29, 1.82) is 5.26 Å². The van der Waals surface area contributed by atoms with E-state index in [1.807, 2.05) is 0 Å². The molecule has 0 spiro atoms. The number of nitrogens with zero attached hydrogens (tertiary/aromatic N) is 1. The van der Waals surface area contributed by atoms with Crippen LogP contribution in [0.3, 0.4) is 0 Å². The fourth-order valence-electron chi connectivity index (χ4n) is 1.32. The first-order chi connectivity index (χ1) is 8.67. The zero-order valence-electron chi connectivity index (χ0n) is 10.1. The molecule has 0 aliphatic carbocycles. The third kappa shape index (κ3) is 4.19. The van der Waals surface area contributed by atoms with E-state index in [1.165, 1.54) is 0 Å². The van der Waals surface area contributed by atoms with Crippen molar-refractivity contribution in [3.63, 3.8) is 0 Å². The van der Waals surface area contributed by atoms with Gasteiger partial charge in [-0.25, -0.2) is 0 Å². The van der Waals surface area contributed by atoms with E-state index in [0.717, 1.165) is 5.56 Å². The molecular weight excluding hydrogens is 228 g/mol. The van der Waals surface area contributed by atoms with Gasteiger partial charge in [-0.15, -0.1) is 6.42 Å². The van der Waals surface area contributed by atoms with Crippen LogP contribution < -0.4 is 10.1 Å². The van der Waals surface area contributed by atoms with Crippen LogP contribution in [0.5, 0.6) is 5.75 Å². The van der Waals surface area contributed by atoms with Gasteiger partial charge in [0, 0.05) is 0 Å². The molecule has 0 fully saturated rings. The van der Waals surface area contributed by atoms with E-state index in [0.29, 0.717) is 12.2 Å². The Hall–Kier alpha value is -2.46. The minimum atomic E-state index is -0.611. The highest BCUT2D eigenvalue weighted by Crippen LogP contribution is 2.14. The second-order valence-electron chi connectivity index (χ2n) is 3.66. The van der Waals surface area contributed by atoms with Gasteiger partial charge in [-0.3, -0.25) is 4.79 Å². The summed E-state index contributed by atoms with van der Waals surface area (Å²) >= 11 is 0. The summed E-state index contributed by atoms with van der Waals surface area (Å²) in [5.74, 6) is 2.65. The predicted molar refractivity (Wildman–Crippen MR) is 67.7 cm³/mol. The molecule has 0 aliphatic rings. The maximum atomic E-state index is 11.5. The maximum absolute atomic E-state index is 11.5. The van der Waals surface area contributed by atoms with Crippen molar-refractivity contribution in [1.82, 2.24) is 5.32 Å². The van der Waals surface area contributed by atoms with Crippen molar-refractivity contribution in [3.05, 3.63) is 29.8 Å². The zero-order chi connectivity index (χ0) is 13.4. The van der Waals surface area contributed by atoms with Crippen molar-refractivity contribution >= 4 is 5.91 Å². The molecule has 0 saturated heterocycles. The number of hydrogen-bond acceptors (Lipinski definition) is 3. The predicted octanol–water partition coefficient (Wildman–Crippen LogP) is 1.27. The summed E-state index contributed by atoms with van der Waals surface area (Å²) in [7, 11) is 0. The Balaban J connectivity index is 2.54. The van der Waals surface area contributed by atoms with E-state index >= 15 is 0 Å². The highest BCUT2D eigenvalue weighted by molar-refractivity contribution is 5.80. The fraction of sp³-hybridized carbons (Fsp3) is 0.286. The largest absolute Gasteiger partial charge is 0.481 e. The van der Waals surface area contributed by atoms with Gasteiger partial charge in [0.15, 0.2) is 6.10 Å². The number of terminal acetylenes is 1. The molecule has 1 amide bonds. The molecule has 0 aromatic heterocycles. The Bertz CT molecular complexity index is 480. The highest BCUT2D eigenvalue weighted by atomic mass is 16.5. The van der Waals surface area contributed by atoms with Crippen molar-refractivity contribution in [2.24, 2.45) is 0 Å². The number of rotatable bonds is 5. The molecule has 1 unspecified atom stereocenters. The van der Waals surface area contributed by atoms with Crippen LogP contribution in [-0.4, -0.2) is 18.6 Å². The van der Waals surface area contributed by atoms with E-state index in [1.54, 1.807) is 31.2 Å². The number of ether oxygens (including phenoxy) is 1. The summed E-state index contributed by atoms with van der Waals surface area (Å²) in [6, 6.07) is 9.12. The Morgan fingerprint density at radius 1 is 1.50 bits per heavy atom. The van der Waals surface area contributed by atoms with Gasteiger partial charge in [0.2, 0.25) is 0 Å². The van der Waals surface area contributed by atoms with Gasteiger partial charge in [-0.1, -0.05) is 18.1 Å². The second kappa shape index (κ2) is 6.98. The summed E-state index contributed by atoms with van der Waals surface area (Å²) < 4.78 is 5.44.